The molecule has 222 valence electrons. The normalized spacial score (nSPS) is 20.9. The number of halogens is 1. The molecule has 11 heteroatoms. The Bertz CT molecular complexity index is 1410. The lowest BCUT2D eigenvalue weighted by Gasteiger charge is -2.34. The van der Waals surface area contributed by atoms with Crippen LogP contribution in [0.25, 0.3) is 11.0 Å². The van der Waals surface area contributed by atoms with Crippen LogP contribution in [-0.2, 0) is 20.7 Å². The molecule has 0 radical (unpaired) electrons. The van der Waals surface area contributed by atoms with E-state index in [0.717, 1.165) is 48.0 Å². The first-order chi connectivity index (χ1) is 19.7. The number of rotatable bonds is 7. The number of aliphatic hydroxyl groups is 1. The maximum atomic E-state index is 14.8. The Hall–Kier alpha value is -3.86. The number of fused-ring (bicyclic) bond motifs is 3. The van der Waals surface area contributed by atoms with Crippen LogP contribution >= 0.6 is 0 Å². The average Bonchev–Trinajstić information content (AvgIpc) is 3.38. The Kier molecular flexibility index (Phi) is 9.37. The number of methoxy groups -OCH3 is 3. The largest absolute Gasteiger partial charge is 0.496 e. The summed E-state index contributed by atoms with van der Waals surface area (Å²) < 4.78 is 31.4. The van der Waals surface area contributed by atoms with Gasteiger partial charge in [0.2, 0.25) is 0 Å². The summed E-state index contributed by atoms with van der Waals surface area (Å²) in [6, 6.07) is 7.02. The molecule has 3 aromatic rings. The molecule has 4 unspecified atom stereocenters. The minimum Gasteiger partial charge on any atom is -0.496 e. The molecular formula is C30H38FN3O7. The lowest BCUT2D eigenvalue weighted by Crippen LogP contribution is -2.33. The number of carboxylic acids is 1. The highest BCUT2D eigenvalue weighted by atomic mass is 19.1. The number of hydrogen-bond donors (Lipinski definition) is 2. The van der Waals surface area contributed by atoms with E-state index in [4.69, 9.17) is 19.3 Å². The number of aliphatic carboxylic acids is 1. The highest BCUT2D eigenvalue weighted by Crippen LogP contribution is 2.44. The Morgan fingerprint density at radius 3 is 2.51 bits per heavy atom. The van der Waals surface area contributed by atoms with Gasteiger partial charge >= 0.3 is 5.97 Å². The maximum absolute atomic E-state index is 14.8. The van der Waals surface area contributed by atoms with E-state index in [1.54, 1.807) is 0 Å². The third-order valence-corrected chi connectivity index (χ3v) is 8.33. The van der Waals surface area contributed by atoms with Gasteiger partial charge in [-0.05, 0) is 63.3 Å². The van der Waals surface area contributed by atoms with Gasteiger partial charge in [-0.2, -0.15) is 0 Å². The molecule has 1 aliphatic carbocycles. The predicted octanol–water partition coefficient (Wildman–Crippen LogP) is 4.65. The monoisotopic (exact) mass is 571 g/mol. The molecule has 5 rings (SSSR count). The Labute approximate surface area is 238 Å². The number of carbonyl (C=O) groups is 2. The van der Waals surface area contributed by atoms with Gasteiger partial charge in [-0.25, -0.2) is 9.37 Å². The van der Waals surface area contributed by atoms with E-state index in [9.17, 15) is 19.4 Å². The van der Waals surface area contributed by atoms with E-state index >= 15 is 0 Å². The summed E-state index contributed by atoms with van der Waals surface area (Å²) >= 11 is 0. The van der Waals surface area contributed by atoms with Crippen LogP contribution in [0.3, 0.4) is 0 Å². The molecule has 0 spiro atoms. The molecule has 4 atom stereocenters. The van der Waals surface area contributed by atoms with Crippen LogP contribution in [0.5, 0.6) is 11.5 Å². The highest BCUT2D eigenvalue weighted by Gasteiger charge is 2.35. The van der Waals surface area contributed by atoms with Gasteiger partial charge in [0, 0.05) is 30.4 Å². The minimum atomic E-state index is -1.35. The number of imidazole rings is 1. The number of aryl methyl sites for hydroxylation is 1. The van der Waals surface area contributed by atoms with Crippen molar-refractivity contribution in [3.05, 3.63) is 47.0 Å². The molecular weight excluding hydrogens is 533 g/mol. The lowest BCUT2D eigenvalue weighted by atomic mass is 9.85. The van der Waals surface area contributed by atoms with Crippen molar-refractivity contribution in [2.24, 2.45) is 5.92 Å². The molecule has 0 amide bonds. The molecule has 2 N–H and O–H groups in total. The number of ether oxygens (including phenoxy) is 3. The highest BCUT2D eigenvalue weighted by molar-refractivity contribution is 5.86. The second kappa shape index (κ2) is 12.8. The molecule has 10 nitrogen and oxygen atoms in total. The van der Waals surface area contributed by atoms with Gasteiger partial charge in [0.15, 0.2) is 11.6 Å². The standard InChI is InChI=1S/C28H34FN3O5.C2H4O2/c1-15-8-9-18-20(31(15)2)11-12-21-24(18)30-27(32(21)17-7-5-6-16(14-17)28(34)35)25(33)23-22(36-3)13-10-19(29)26(23)37-4;1-4-2-3/h10-13,15-17,25,33H,5-9,14H2,1-4H3,(H,34,35);2H,1H3. The second-order valence-electron chi connectivity index (χ2n) is 10.6. The van der Waals surface area contributed by atoms with Crippen molar-refractivity contribution in [2.75, 3.05) is 33.3 Å². The zero-order valence-corrected chi connectivity index (χ0v) is 24.1. The molecule has 2 aromatic carbocycles. The van der Waals surface area contributed by atoms with Crippen molar-refractivity contribution in [2.45, 2.75) is 63.6 Å². The van der Waals surface area contributed by atoms with Crippen molar-refractivity contribution in [1.82, 2.24) is 9.55 Å². The minimum absolute atomic E-state index is 0.104. The van der Waals surface area contributed by atoms with Gasteiger partial charge < -0.3 is 33.9 Å². The van der Waals surface area contributed by atoms with Crippen molar-refractivity contribution < 1.29 is 38.4 Å². The van der Waals surface area contributed by atoms with E-state index < -0.39 is 23.8 Å². The van der Waals surface area contributed by atoms with Crippen molar-refractivity contribution in [3.8, 4) is 11.5 Å². The number of aliphatic hydroxyl groups excluding tert-OH is 1. The van der Waals surface area contributed by atoms with Gasteiger partial charge in [0.1, 0.15) is 17.7 Å². The summed E-state index contributed by atoms with van der Waals surface area (Å²) in [7, 11) is 6.19. The first kappa shape index (κ1) is 30.1. The predicted molar refractivity (Wildman–Crippen MR) is 151 cm³/mol. The van der Waals surface area contributed by atoms with E-state index in [0.29, 0.717) is 31.2 Å². The van der Waals surface area contributed by atoms with Crippen LogP contribution in [0.15, 0.2) is 24.3 Å². The van der Waals surface area contributed by atoms with Crippen molar-refractivity contribution in [3.63, 3.8) is 0 Å². The van der Waals surface area contributed by atoms with E-state index in [-0.39, 0.29) is 23.1 Å². The smallest absolute Gasteiger partial charge is 0.306 e. The fourth-order valence-corrected chi connectivity index (χ4v) is 6.11. The molecule has 0 saturated heterocycles. The lowest BCUT2D eigenvalue weighted by molar-refractivity contribution is -0.143. The molecule has 0 bridgehead atoms. The Balaban J connectivity index is 0.000000909. The first-order valence-corrected chi connectivity index (χ1v) is 13.7. The molecule has 2 heterocycles. The average molecular weight is 572 g/mol. The number of benzene rings is 2. The van der Waals surface area contributed by atoms with Crippen LogP contribution in [0.2, 0.25) is 0 Å². The Morgan fingerprint density at radius 2 is 1.88 bits per heavy atom. The quantitative estimate of drug-likeness (QED) is 0.390. The molecule has 1 fully saturated rings. The van der Waals surface area contributed by atoms with E-state index in [1.807, 2.05) is 10.6 Å². The summed E-state index contributed by atoms with van der Waals surface area (Å²) in [4.78, 5) is 28.1. The number of carbonyl (C=O) groups excluding carboxylic acids is 1. The summed E-state index contributed by atoms with van der Waals surface area (Å²) in [6.07, 6.45) is 3.05. The van der Waals surface area contributed by atoms with Crippen LogP contribution in [0.4, 0.5) is 10.1 Å². The Morgan fingerprint density at radius 1 is 1.15 bits per heavy atom. The van der Waals surface area contributed by atoms with Crippen LogP contribution < -0.4 is 14.4 Å². The van der Waals surface area contributed by atoms with Crippen LogP contribution in [0, 0.1) is 11.7 Å². The fourth-order valence-electron chi connectivity index (χ4n) is 6.11. The zero-order valence-electron chi connectivity index (χ0n) is 24.1. The number of aromatic nitrogens is 2. The molecule has 1 saturated carbocycles. The molecule has 1 aliphatic heterocycles. The van der Waals surface area contributed by atoms with Gasteiger partial charge in [0.05, 0.1) is 43.8 Å². The van der Waals surface area contributed by atoms with Crippen LogP contribution in [-0.4, -0.2) is 66.6 Å². The van der Waals surface area contributed by atoms with E-state index in [1.165, 1.54) is 33.5 Å². The number of anilines is 1. The summed E-state index contributed by atoms with van der Waals surface area (Å²) in [5.74, 6) is -1.37. The fraction of sp³-hybridized carbons (Fsp3) is 0.500. The van der Waals surface area contributed by atoms with Gasteiger partial charge in [-0.15, -0.1) is 0 Å². The number of carboxylic acid groups (broad SMARTS) is 1. The molecule has 2 aliphatic rings. The third kappa shape index (κ3) is 5.68. The summed E-state index contributed by atoms with van der Waals surface area (Å²) in [5.41, 5.74) is 4.00. The van der Waals surface area contributed by atoms with Gasteiger partial charge in [-0.3, -0.25) is 9.59 Å². The van der Waals surface area contributed by atoms with Crippen LogP contribution in [0.1, 0.15) is 68.1 Å². The topological polar surface area (TPSA) is 123 Å². The van der Waals surface area contributed by atoms with E-state index in [2.05, 4.69) is 29.7 Å². The third-order valence-electron chi connectivity index (χ3n) is 8.33. The summed E-state index contributed by atoms with van der Waals surface area (Å²) in [6.45, 7) is 2.57. The zero-order chi connectivity index (χ0) is 29.8. The second-order valence-corrected chi connectivity index (χ2v) is 10.6. The molecule has 41 heavy (non-hydrogen) atoms. The number of hydrogen-bond acceptors (Lipinski definition) is 8. The maximum Gasteiger partial charge on any atom is 0.306 e. The van der Waals surface area contributed by atoms with Gasteiger partial charge in [0.25, 0.3) is 6.47 Å². The van der Waals surface area contributed by atoms with Crippen molar-refractivity contribution in [1.29, 1.82) is 0 Å². The molecule has 1 aromatic heterocycles. The SMILES string of the molecule is COC=O.COc1ccc(F)c(OC)c1C(O)c1nc2c3c(ccc2n1C1CCCC(C(=O)O)C1)N(C)C(C)CC3. The van der Waals surface area contributed by atoms with Gasteiger partial charge in [-0.1, -0.05) is 6.42 Å². The first-order valence-electron chi connectivity index (χ1n) is 13.7. The number of nitrogens with zero attached hydrogens (tertiary/aromatic N) is 3. The van der Waals surface area contributed by atoms with Crippen molar-refractivity contribution >= 4 is 29.2 Å². The summed E-state index contributed by atoms with van der Waals surface area (Å²) in [5, 5.41) is 21.5.